The van der Waals surface area contributed by atoms with Gasteiger partial charge in [-0.25, -0.2) is 9.78 Å². The molecule has 7 nitrogen and oxygen atoms in total. The Balaban J connectivity index is 1.25. The van der Waals surface area contributed by atoms with Gasteiger partial charge in [-0.05, 0) is 43.4 Å². The summed E-state index contributed by atoms with van der Waals surface area (Å²) in [5, 5.41) is 9.63. The molecule has 0 bridgehead atoms. The van der Waals surface area contributed by atoms with Crippen molar-refractivity contribution in [1.29, 1.82) is 0 Å². The topological polar surface area (TPSA) is 98.9 Å². The molecule has 30 heavy (non-hydrogen) atoms. The largest absolute Gasteiger partial charge is 0.346 e. The maximum atomic E-state index is 12.6. The van der Waals surface area contributed by atoms with Crippen LogP contribution in [0.15, 0.2) is 24.3 Å². The number of nitrogens with zero attached hydrogens (tertiary/aromatic N) is 1. The van der Waals surface area contributed by atoms with E-state index in [1.807, 2.05) is 36.0 Å². The van der Waals surface area contributed by atoms with E-state index in [1.165, 1.54) is 0 Å². The Morgan fingerprint density at radius 3 is 3.03 bits per heavy atom. The molecule has 1 aromatic carbocycles. The van der Waals surface area contributed by atoms with Gasteiger partial charge in [-0.2, -0.15) is 23.5 Å². The van der Waals surface area contributed by atoms with Crippen molar-refractivity contribution in [3.05, 3.63) is 30.1 Å². The summed E-state index contributed by atoms with van der Waals surface area (Å²) in [4.78, 5) is 32.1. The van der Waals surface area contributed by atoms with Crippen LogP contribution in [0.4, 0.5) is 4.79 Å². The summed E-state index contributed by atoms with van der Waals surface area (Å²) >= 11 is 3.69. The zero-order valence-electron chi connectivity index (χ0n) is 17.1. The molecule has 2 fully saturated rings. The first kappa shape index (κ1) is 21.4. The second-order valence-corrected chi connectivity index (χ2v) is 10.2. The highest BCUT2D eigenvalue weighted by Crippen LogP contribution is 2.33. The molecule has 4 rings (SSSR count). The fraction of sp³-hybridized carbons (Fsp3) is 0.571. The molecule has 0 unspecified atom stereocenters. The van der Waals surface area contributed by atoms with E-state index in [0.29, 0.717) is 11.7 Å². The van der Waals surface area contributed by atoms with Crippen LogP contribution in [0.3, 0.4) is 0 Å². The maximum Gasteiger partial charge on any atom is 0.315 e. The van der Waals surface area contributed by atoms with Crippen molar-refractivity contribution in [3.63, 3.8) is 0 Å². The van der Waals surface area contributed by atoms with Crippen molar-refractivity contribution < 1.29 is 9.59 Å². The fourth-order valence-electron chi connectivity index (χ4n) is 4.19. The predicted octanol–water partition coefficient (Wildman–Crippen LogP) is 3.20. The zero-order chi connectivity index (χ0) is 20.9. The molecule has 2 saturated heterocycles. The highest BCUT2D eigenvalue weighted by Gasteiger charge is 2.42. The third kappa shape index (κ3) is 5.06. The molecule has 1 aromatic heterocycles. The SMILES string of the molecule is CSCC[C@H](NC(=O)CCCC[C@@H]1SC[C@@H]2NC(=O)N[C@@H]21)c1nc2ccccc2[nH]1. The summed E-state index contributed by atoms with van der Waals surface area (Å²) in [5.74, 6) is 2.85. The van der Waals surface area contributed by atoms with Crippen molar-refractivity contribution in [3.8, 4) is 0 Å². The Morgan fingerprint density at radius 1 is 1.33 bits per heavy atom. The molecule has 0 saturated carbocycles. The second kappa shape index (κ2) is 9.96. The number of benzene rings is 1. The van der Waals surface area contributed by atoms with Crippen molar-refractivity contribution in [2.24, 2.45) is 0 Å². The molecule has 4 atom stereocenters. The predicted molar refractivity (Wildman–Crippen MR) is 124 cm³/mol. The molecule has 2 aromatic rings. The van der Waals surface area contributed by atoms with E-state index in [2.05, 4.69) is 32.2 Å². The van der Waals surface area contributed by atoms with Gasteiger partial charge in [-0.15, -0.1) is 0 Å². The van der Waals surface area contributed by atoms with Crippen molar-refractivity contribution in [1.82, 2.24) is 25.9 Å². The van der Waals surface area contributed by atoms with Crippen LogP contribution in [0.1, 0.15) is 44.0 Å². The first-order chi connectivity index (χ1) is 14.6. The molecule has 3 heterocycles. The van der Waals surface area contributed by atoms with Crippen LogP contribution in [0, 0.1) is 0 Å². The zero-order valence-corrected chi connectivity index (χ0v) is 18.8. The number of fused-ring (bicyclic) bond motifs is 2. The second-order valence-electron chi connectivity index (χ2n) is 7.91. The summed E-state index contributed by atoms with van der Waals surface area (Å²) in [7, 11) is 0. The van der Waals surface area contributed by atoms with Gasteiger partial charge in [-0.3, -0.25) is 4.79 Å². The number of imidazole rings is 1. The van der Waals surface area contributed by atoms with E-state index in [4.69, 9.17) is 0 Å². The Labute approximate surface area is 185 Å². The first-order valence-corrected chi connectivity index (χ1v) is 13.0. The lowest BCUT2D eigenvalue weighted by atomic mass is 10.0. The van der Waals surface area contributed by atoms with Crippen molar-refractivity contribution >= 4 is 46.5 Å². The fourth-order valence-corrected chi connectivity index (χ4v) is 6.21. The monoisotopic (exact) mass is 447 g/mol. The number of para-hydroxylation sites is 2. The van der Waals surface area contributed by atoms with E-state index in [-0.39, 0.29) is 30.1 Å². The average molecular weight is 448 g/mol. The number of carbonyl (C=O) groups is 2. The smallest absolute Gasteiger partial charge is 0.315 e. The molecule has 4 N–H and O–H groups in total. The van der Waals surface area contributed by atoms with Gasteiger partial charge in [0.05, 0.1) is 29.2 Å². The standard InChI is InChI=1S/C21H29N5O2S2/c1-29-11-10-15(20-23-13-6-2-3-7-14(13)24-20)22-18(27)9-5-4-8-17-19-16(12-30-17)25-21(28)26-19/h2-3,6-7,15-17,19H,4-5,8-12H2,1H3,(H,22,27)(H,23,24)(H2,25,26,28)/t15-,16-,17-,19-/m0/s1. The lowest BCUT2D eigenvalue weighted by Gasteiger charge is -2.18. The van der Waals surface area contributed by atoms with Gasteiger partial charge < -0.3 is 20.9 Å². The molecule has 0 radical (unpaired) electrons. The van der Waals surface area contributed by atoms with E-state index in [1.54, 1.807) is 11.8 Å². The minimum absolute atomic E-state index is 0.0449. The third-order valence-corrected chi connectivity index (χ3v) is 7.92. The molecule has 162 valence electrons. The highest BCUT2D eigenvalue weighted by molar-refractivity contribution is 8.00. The Kier molecular flexibility index (Phi) is 7.09. The van der Waals surface area contributed by atoms with Crippen molar-refractivity contribution in [2.75, 3.05) is 17.8 Å². The number of aromatic nitrogens is 2. The van der Waals surface area contributed by atoms with E-state index in [0.717, 1.165) is 54.0 Å². The van der Waals surface area contributed by atoms with E-state index >= 15 is 0 Å². The molecule has 2 aliphatic rings. The summed E-state index contributed by atoms with van der Waals surface area (Å²) in [5.41, 5.74) is 1.92. The van der Waals surface area contributed by atoms with Gasteiger partial charge in [0.1, 0.15) is 5.82 Å². The number of aromatic amines is 1. The third-order valence-electron chi connectivity index (χ3n) is 5.76. The maximum absolute atomic E-state index is 12.6. The van der Waals surface area contributed by atoms with Gasteiger partial charge >= 0.3 is 6.03 Å². The molecular formula is C21H29N5O2S2. The van der Waals surface area contributed by atoms with Crippen LogP contribution in [0.5, 0.6) is 0 Å². The summed E-state index contributed by atoms with van der Waals surface area (Å²) in [6, 6.07) is 8.30. The first-order valence-electron chi connectivity index (χ1n) is 10.6. The van der Waals surface area contributed by atoms with E-state index < -0.39 is 0 Å². The number of rotatable bonds is 10. The van der Waals surface area contributed by atoms with Gasteiger partial charge in [0.25, 0.3) is 0 Å². The average Bonchev–Trinajstić information content (AvgIpc) is 3.42. The van der Waals surface area contributed by atoms with Gasteiger partial charge in [0.15, 0.2) is 0 Å². The minimum Gasteiger partial charge on any atom is -0.346 e. The van der Waals surface area contributed by atoms with Crippen LogP contribution >= 0.6 is 23.5 Å². The van der Waals surface area contributed by atoms with Gasteiger partial charge in [-0.1, -0.05) is 18.6 Å². The Bertz CT molecular complexity index is 856. The number of urea groups is 1. The normalized spacial score (nSPS) is 23.8. The number of hydrogen-bond donors (Lipinski definition) is 4. The minimum atomic E-state index is -0.0942. The number of hydrogen-bond acceptors (Lipinski definition) is 5. The van der Waals surface area contributed by atoms with Gasteiger partial charge in [0.2, 0.25) is 5.91 Å². The molecule has 0 aliphatic carbocycles. The van der Waals surface area contributed by atoms with Crippen molar-refractivity contribution in [2.45, 2.75) is 55.5 Å². The molecule has 0 spiro atoms. The summed E-state index contributed by atoms with van der Waals surface area (Å²) in [6.07, 6.45) is 6.32. The Morgan fingerprint density at radius 2 is 2.20 bits per heavy atom. The van der Waals surface area contributed by atoms with Crippen LogP contribution in [0.2, 0.25) is 0 Å². The lowest BCUT2D eigenvalue weighted by Crippen LogP contribution is -2.36. The molecule has 2 aliphatic heterocycles. The quantitative estimate of drug-likeness (QED) is 0.331. The van der Waals surface area contributed by atoms with Crippen LogP contribution in [-0.4, -0.2) is 57.0 Å². The number of carbonyl (C=O) groups excluding carboxylic acids is 2. The number of thioether (sulfide) groups is 2. The van der Waals surface area contributed by atoms with Gasteiger partial charge in [0, 0.05) is 17.4 Å². The van der Waals surface area contributed by atoms with Crippen LogP contribution < -0.4 is 16.0 Å². The number of nitrogens with one attached hydrogen (secondary N) is 4. The molecule has 9 heteroatoms. The molecule has 3 amide bonds. The summed E-state index contributed by atoms with van der Waals surface area (Å²) < 4.78 is 0. The van der Waals surface area contributed by atoms with Crippen LogP contribution in [0.25, 0.3) is 11.0 Å². The number of amides is 3. The number of H-pyrrole nitrogens is 1. The summed E-state index contributed by atoms with van der Waals surface area (Å²) in [6.45, 7) is 0. The van der Waals surface area contributed by atoms with Crippen LogP contribution in [-0.2, 0) is 4.79 Å². The van der Waals surface area contributed by atoms with E-state index in [9.17, 15) is 9.59 Å². The Hall–Kier alpha value is -1.87. The highest BCUT2D eigenvalue weighted by atomic mass is 32.2. The molecular weight excluding hydrogens is 418 g/mol. The number of unbranched alkanes of at least 4 members (excludes halogenated alkanes) is 1. The lowest BCUT2D eigenvalue weighted by molar-refractivity contribution is -0.122.